The Balaban J connectivity index is 1.51. The van der Waals surface area contributed by atoms with Crippen molar-refractivity contribution in [3.8, 4) is 22.8 Å². The van der Waals surface area contributed by atoms with E-state index < -0.39 is 0 Å². The number of nitrogens with zero attached hydrogens (tertiary/aromatic N) is 3. The lowest BCUT2D eigenvalue weighted by molar-refractivity contribution is 0.0321. The van der Waals surface area contributed by atoms with Crippen LogP contribution in [-0.2, 0) is 4.74 Å². The Hall–Kier alpha value is -2.22. The summed E-state index contributed by atoms with van der Waals surface area (Å²) < 4.78 is 17.8. The molecule has 0 unspecified atom stereocenters. The number of morpholine rings is 1. The second-order valence-electron chi connectivity index (χ2n) is 6.53. The predicted octanol–water partition coefficient (Wildman–Crippen LogP) is 3.78. The molecule has 0 aliphatic carbocycles. The summed E-state index contributed by atoms with van der Waals surface area (Å²) in [4.78, 5) is 11.6. The van der Waals surface area contributed by atoms with E-state index in [2.05, 4.69) is 25.8 Å². The third kappa shape index (κ3) is 4.27. The Labute approximate surface area is 172 Å². The maximum atomic E-state index is 5.96. The van der Waals surface area contributed by atoms with E-state index in [0.29, 0.717) is 12.4 Å². The molecule has 7 heteroatoms. The Kier molecular flexibility index (Phi) is 6.04. The number of aromatic nitrogens is 2. The van der Waals surface area contributed by atoms with Gasteiger partial charge in [0, 0.05) is 29.7 Å². The highest BCUT2D eigenvalue weighted by molar-refractivity contribution is 9.10. The van der Waals surface area contributed by atoms with Gasteiger partial charge in [0.05, 0.1) is 37.7 Å². The van der Waals surface area contributed by atoms with E-state index in [1.54, 1.807) is 13.3 Å². The van der Waals surface area contributed by atoms with Gasteiger partial charge in [-0.1, -0.05) is 6.07 Å². The number of fused-ring (bicyclic) bond motifs is 1. The van der Waals surface area contributed by atoms with E-state index in [0.717, 1.165) is 65.4 Å². The molecule has 0 amide bonds. The number of hydrogen-bond acceptors (Lipinski definition) is 6. The normalized spacial score (nSPS) is 14.9. The van der Waals surface area contributed by atoms with Crippen LogP contribution in [0.25, 0.3) is 22.3 Å². The van der Waals surface area contributed by atoms with Gasteiger partial charge in [0.2, 0.25) is 0 Å². The summed E-state index contributed by atoms with van der Waals surface area (Å²) >= 11 is 3.55. The van der Waals surface area contributed by atoms with Gasteiger partial charge >= 0.3 is 0 Å². The number of benzene rings is 2. The molecule has 0 atom stereocenters. The molecule has 2 aromatic carbocycles. The summed E-state index contributed by atoms with van der Waals surface area (Å²) in [7, 11) is 1.65. The Morgan fingerprint density at radius 1 is 1.14 bits per heavy atom. The molecule has 1 aliphatic rings. The van der Waals surface area contributed by atoms with E-state index in [4.69, 9.17) is 19.2 Å². The molecule has 1 aliphatic heterocycles. The van der Waals surface area contributed by atoms with E-state index in [1.165, 1.54) is 0 Å². The molecule has 1 fully saturated rings. The Morgan fingerprint density at radius 2 is 2.00 bits per heavy atom. The number of rotatable bonds is 6. The summed E-state index contributed by atoms with van der Waals surface area (Å²) in [5, 5.41) is 0. The summed E-state index contributed by atoms with van der Waals surface area (Å²) in [6.45, 7) is 4.98. The first-order valence-corrected chi connectivity index (χ1v) is 10.1. The lowest BCUT2D eigenvalue weighted by atomic mass is 10.1. The minimum Gasteiger partial charge on any atom is -0.493 e. The molecule has 146 valence electrons. The zero-order chi connectivity index (χ0) is 19.3. The smallest absolute Gasteiger partial charge is 0.161 e. The first-order valence-electron chi connectivity index (χ1n) is 9.27. The lowest BCUT2D eigenvalue weighted by Crippen LogP contribution is -2.38. The number of para-hydroxylation sites is 1. The van der Waals surface area contributed by atoms with E-state index >= 15 is 0 Å². The lowest BCUT2D eigenvalue weighted by Gasteiger charge is -2.26. The highest BCUT2D eigenvalue weighted by Crippen LogP contribution is 2.32. The van der Waals surface area contributed by atoms with Crippen molar-refractivity contribution in [2.75, 3.05) is 46.6 Å². The summed E-state index contributed by atoms with van der Waals surface area (Å²) in [6.07, 6.45) is 1.78. The molecule has 0 radical (unpaired) electrons. The number of hydrogen-bond donors (Lipinski definition) is 0. The van der Waals surface area contributed by atoms with Crippen LogP contribution in [0.2, 0.25) is 0 Å². The molecule has 6 nitrogen and oxygen atoms in total. The first kappa shape index (κ1) is 19.1. The van der Waals surface area contributed by atoms with Gasteiger partial charge in [-0.3, -0.25) is 9.88 Å². The molecule has 0 spiro atoms. The number of ether oxygens (including phenoxy) is 3. The van der Waals surface area contributed by atoms with Crippen LogP contribution in [0, 0.1) is 0 Å². The van der Waals surface area contributed by atoms with Crippen LogP contribution in [0.5, 0.6) is 11.5 Å². The Bertz CT molecular complexity index is 961. The second kappa shape index (κ2) is 8.86. The third-order valence-electron chi connectivity index (χ3n) is 4.75. The molecular weight excluding hydrogens is 422 g/mol. The van der Waals surface area contributed by atoms with Crippen molar-refractivity contribution in [1.82, 2.24) is 14.9 Å². The monoisotopic (exact) mass is 443 g/mol. The van der Waals surface area contributed by atoms with Gasteiger partial charge < -0.3 is 14.2 Å². The minimum absolute atomic E-state index is 0.610. The molecule has 1 saturated heterocycles. The third-order valence-corrected chi connectivity index (χ3v) is 5.39. The average molecular weight is 444 g/mol. The minimum atomic E-state index is 0.610. The zero-order valence-corrected chi connectivity index (χ0v) is 17.3. The van der Waals surface area contributed by atoms with Gasteiger partial charge in [0.15, 0.2) is 11.5 Å². The zero-order valence-electron chi connectivity index (χ0n) is 15.7. The molecule has 0 saturated carbocycles. The van der Waals surface area contributed by atoms with Crippen LogP contribution in [-0.4, -0.2) is 61.4 Å². The van der Waals surface area contributed by atoms with Crippen LogP contribution < -0.4 is 9.47 Å². The topological polar surface area (TPSA) is 56.7 Å². The first-order chi connectivity index (χ1) is 13.7. The second-order valence-corrected chi connectivity index (χ2v) is 7.39. The van der Waals surface area contributed by atoms with Gasteiger partial charge in [-0.25, -0.2) is 4.98 Å². The van der Waals surface area contributed by atoms with Crippen LogP contribution in [0.3, 0.4) is 0 Å². The molecule has 1 aromatic heterocycles. The van der Waals surface area contributed by atoms with Gasteiger partial charge in [-0.2, -0.15) is 0 Å². The van der Waals surface area contributed by atoms with Crippen LogP contribution >= 0.6 is 15.9 Å². The maximum absolute atomic E-state index is 5.96. The quantitative estimate of drug-likeness (QED) is 0.577. The number of methoxy groups -OCH3 is 1. The van der Waals surface area contributed by atoms with Crippen LogP contribution in [0.15, 0.2) is 47.1 Å². The van der Waals surface area contributed by atoms with Crippen LogP contribution in [0.1, 0.15) is 0 Å². The van der Waals surface area contributed by atoms with Crippen molar-refractivity contribution >= 4 is 27.0 Å². The summed E-state index contributed by atoms with van der Waals surface area (Å²) in [6, 6.07) is 11.7. The standard InChI is InChI=1S/C21H22BrN3O3/c1-26-20-13-15(18-14-23-17-4-2-3-16(22)21(17)24-18)5-6-19(20)28-12-9-25-7-10-27-11-8-25/h2-6,13-14H,7-12H2,1H3. The fourth-order valence-electron chi connectivity index (χ4n) is 3.19. The summed E-state index contributed by atoms with van der Waals surface area (Å²) in [5.74, 6) is 1.42. The fourth-order valence-corrected chi connectivity index (χ4v) is 3.64. The van der Waals surface area contributed by atoms with Gasteiger partial charge in [-0.15, -0.1) is 0 Å². The van der Waals surface area contributed by atoms with E-state index in [1.807, 2.05) is 36.4 Å². The van der Waals surface area contributed by atoms with Crippen molar-refractivity contribution < 1.29 is 14.2 Å². The average Bonchev–Trinajstić information content (AvgIpc) is 2.75. The van der Waals surface area contributed by atoms with Gasteiger partial charge in [0.1, 0.15) is 12.1 Å². The fraction of sp³-hybridized carbons (Fsp3) is 0.333. The van der Waals surface area contributed by atoms with Crippen molar-refractivity contribution in [2.24, 2.45) is 0 Å². The Morgan fingerprint density at radius 3 is 2.82 bits per heavy atom. The SMILES string of the molecule is COc1cc(-c2cnc3cccc(Br)c3n2)ccc1OCCN1CCOCC1. The van der Waals surface area contributed by atoms with Crippen molar-refractivity contribution in [1.29, 1.82) is 0 Å². The van der Waals surface area contributed by atoms with E-state index in [9.17, 15) is 0 Å². The van der Waals surface area contributed by atoms with Crippen molar-refractivity contribution in [2.45, 2.75) is 0 Å². The molecule has 3 aromatic rings. The van der Waals surface area contributed by atoms with Crippen molar-refractivity contribution in [3.63, 3.8) is 0 Å². The van der Waals surface area contributed by atoms with E-state index in [-0.39, 0.29) is 0 Å². The molecular formula is C21H22BrN3O3. The largest absolute Gasteiger partial charge is 0.493 e. The van der Waals surface area contributed by atoms with Gasteiger partial charge in [-0.05, 0) is 46.3 Å². The molecule has 0 N–H and O–H groups in total. The highest BCUT2D eigenvalue weighted by atomic mass is 79.9. The molecule has 0 bridgehead atoms. The number of halogens is 1. The predicted molar refractivity (Wildman–Crippen MR) is 112 cm³/mol. The molecule has 4 rings (SSSR count). The van der Waals surface area contributed by atoms with Crippen molar-refractivity contribution in [3.05, 3.63) is 47.1 Å². The highest BCUT2D eigenvalue weighted by Gasteiger charge is 2.13. The van der Waals surface area contributed by atoms with Crippen LogP contribution in [0.4, 0.5) is 0 Å². The molecule has 28 heavy (non-hydrogen) atoms. The molecule has 2 heterocycles. The van der Waals surface area contributed by atoms with Gasteiger partial charge in [0.25, 0.3) is 0 Å². The maximum Gasteiger partial charge on any atom is 0.161 e. The summed E-state index contributed by atoms with van der Waals surface area (Å²) in [5.41, 5.74) is 3.41.